The van der Waals surface area contributed by atoms with Gasteiger partial charge in [-0.1, -0.05) is 11.2 Å². The lowest BCUT2D eigenvalue weighted by Crippen LogP contribution is -2.31. The molecule has 0 saturated carbocycles. The van der Waals surface area contributed by atoms with Gasteiger partial charge in [-0.25, -0.2) is 4.79 Å². The number of aromatic nitrogens is 1. The minimum atomic E-state index is -0.208. The Morgan fingerprint density at radius 3 is 2.86 bits per heavy atom. The van der Waals surface area contributed by atoms with Crippen LogP contribution in [0.5, 0.6) is 0 Å². The molecule has 1 aromatic heterocycles. The molecular formula is C21H26N4O3. The maximum atomic E-state index is 12.7. The Balaban J connectivity index is 1.45. The minimum absolute atomic E-state index is 0.133. The molecule has 0 radical (unpaired) electrons. The summed E-state index contributed by atoms with van der Waals surface area (Å²) in [6.45, 7) is 3.08. The molecule has 1 fully saturated rings. The Hall–Kier alpha value is -2.83. The molecule has 0 atom stereocenters. The predicted octanol–water partition coefficient (Wildman–Crippen LogP) is 3.65. The van der Waals surface area contributed by atoms with Gasteiger partial charge in [-0.2, -0.15) is 0 Å². The Labute approximate surface area is 164 Å². The van der Waals surface area contributed by atoms with Gasteiger partial charge >= 0.3 is 6.03 Å². The molecule has 4 rings (SSSR count). The zero-order valence-electron chi connectivity index (χ0n) is 16.5. The number of rotatable bonds is 4. The molecule has 1 N–H and O–H groups in total. The van der Waals surface area contributed by atoms with Gasteiger partial charge in [0, 0.05) is 43.4 Å². The maximum absolute atomic E-state index is 12.7. The zero-order valence-corrected chi connectivity index (χ0v) is 16.5. The molecule has 3 amide bonds. The number of hydrogen-bond acceptors (Lipinski definition) is 4. The lowest BCUT2D eigenvalue weighted by molar-refractivity contribution is -0.117. The molecule has 1 aromatic carbocycles. The van der Waals surface area contributed by atoms with E-state index < -0.39 is 0 Å². The normalized spacial score (nSPS) is 16.2. The number of benzene rings is 1. The second kappa shape index (κ2) is 7.66. The van der Waals surface area contributed by atoms with Crippen molar-refractivity contribution in [3.63, 3.8) is 0 Å². The molecule has 1 aliphatic carbocycles. The molecule has 2 aliphatic rings. The molecule has 2 aromatic rings. The van der Waals surface area contributed by atoms with Gasteiger partial charge in [-0.15, -0.1) is 0 Å². The van der Waals surface area contributed by atoms with E-state index in [9.17, 15) is 9.59 Å². The summed E-state index contributed by atoms with van der Waals surface area (Å²) in [5, 5.41) is 7.15. The van der Waals surface area contributed by atoms with Crippen molar-refractivity contribution in [2.45, 2.75) is 52.0 Å². The highest BCUT2D eigenvalue weighted by atomic mass is 16.5. The van der Waals surface area contributed by atoms with Gasteiger partial charge < -0.3 is 19.6 Å². The quantitative estimate of drug-likeness (QED) is 0.875. The van der Waals surface area contributed by atoms with Crippen LogP contribution in [0.25, 0.3) is 0 Å². The molecule has 0 unspecified atom stereocenters. The van der Waals surface area contributed by atoms with E-state index >= 15 is 0 Å². The number of hydrogen-bond donors (Lipinski definition) is 1. The molecule has 0 spiro atoms. The van der Waals surface area contributed by atoms with Crippen LogP contribution in [0.4, 0.5) is 16.2 Å². The molecule has 0 bridgehead atoms. The first-order valence-corrected chi connectivity index (χ1v) is 9.92. The first-order valence-electron chi connectivity index (χ1n) is 9.92. The molecule has 1 aliphatic heterocycles. The smallest absolute Gasteiger partial charge is 0.321 e. The highest BCUT2D eigenvalue weighted by Crippen LogP contribution is 2.28. The van der Waals surface area contributed by atoms with Crippen LogP contribution in [0.3, 0.4) is 0 Å². The van der Waals surface area contributed by atoms with Crippen LogP contribution in [0.1, 0.15) is 48.3 Å². The highest BCUT2D eigenvalue weighted by molar-refractivity contribution is 5.97. The van der Waals surface area contributed by atoms with Gasteiger partial charge in [0.15, 0.2) is 0 Å². The molecule has 1 saturated heterocycles. The molecule has 7 heteroatoms. The van der Waals surface area contributed by atoms with E-state index in [0.717, 1.165) is 72.6 Å². The third kappa shape index (κ3) is 3.61. The van der Waals surface area contributed by atoms with E-state index in [0.29, 0.717) is 13.0 Å². The summed E-state index contributed by atoms with van der Waals surface area (Å²) in [6.07, 6.45) is 5.62. The van der Waals surface area contributed by atoms with Gasteiger partial charge in [-0.05, 0) is 50.3 Å². The van der Waals surface area contributed by atoms with Crippen molar-refractivity contribution in [2.24, 2.45) is 0 Å². The number of urea groups is 1. The zero-order chi connectivity index (χ0) is 19.7. The van der Waals surface area contributed by atoms with Crippen molar-refractivity contribution < 1.29 is 14.1 Å². The van der Waals surface area contributed by atoms with Crippen molar-refractivity contribution in [3.05, 3.63) is 40.8 Å². The van der Waals surface area contributed by atoms with Crippen molar-refractivity contribution in [2.75, 3.05) is 23.8 Å². The fourth-order valence-corrected chi connectivity index (χ4v) is 3.91. The number of fused-ring (bicyclic) bond motifs is 1. The Morgan fingerprint density at radius 2 is 2.07 bits per heavy atom. The van der Waals surface area contributed by atoms with Crippen LogP contribution in [0.2, 0.25) is 0 Å². The summed E-state index contributed by atoms with van der Waals surface area (Å²) in [5.41, 5.74) is 4.51. The number of anilines is 2. The molecule has 148 valence electrons. The summed E-state index contributed by atoms with van der Waals surface area (Å²) in [6, 6.07) is 5.53. The average Bonchev–Trinajstić information content (AvgIpc) is 3.30. The molecule has 28 heavy (non-hydrogen) atoms. The van der Waals surface area contributed by atoms with Crippen LogP contribution in [0, 0.1) is 6.92 Å². The lowest BCUT2D eigenvalue weighted by atomic mass is 9.96. The van der Waals surface area contributed by atoms with E-state index in [1.165, 1.54) is 0 Å². The maximum Gasteiger partial charge on any atom is 0.321 e. The average molecular weight is 382 g/mol. The summed E-state index contributed by atoms with van der Waals surface area (Å²) in [7, 11) is 1.75. The number of nitrogens with zero attached hydrogens (tertiary/aromatic N) is 3. The number of amides is 3. The number of aryl methyl sites for hydroxylation is 2. The first kappa shape index (κ1) is 18.5. The van der Waals surface area contributed by atoms with Crippen LogP contribution in [0.15, 0.2) is 22.7 Å². The highest BCUT2D eigenvalue weighted by Gasteiger charge is 2.24. The molecule has 2 heterocycles. The number of carbonyl (C=O) groups excluding carboxylic acids is 2. The summed E-state index contributed by atoms with van der Waals surface area (Å²) >= 11 is 0. The van der Waals surface area contributed by atoms with E-state index in [1.54, 1.807) is 16.8 Å². The van der Waals surface area contributed by atoms with E-state index in [4.69, 9.17) is 4.52 Å². The van der Waals surface area contributed by atoms with Gasteiger partial charge in [-0.3, -0.25) is 4.79 Å². The topological polar surface area (TPSA) is 78.7 Å². The largest absolute Gasteiger partial charge is 0.361 e. The van der Waals surface area contributed by atoms with E-state index in [2.05, 4.69) is 10.5 Å². The second-order valence-corrected chi connectivity index (χ2v) is 7.67. The third-order valence-corrected chi connectivity index (χ3v) is 5.61. The van der Waals surface area contributed by atoms with Crippen LogP contribution in [-0.2, 0) is 24.2 Å². The van der Waals surface area contributed by atoms with Crippen LogP contribution in [-0.4, -0.2) is 35.6 Å². The number of carbonyl (C=O) groups is 2. The number of nitrogens with one attached hydrogen (secondary N) is 1. The Morgan fingerprint density at radius 1 is 1.25 bits per heavy atom. The van der Waals surface area contributed by atoms with Crippen molar-refractivity contribution >= 4 is 23.3 Å². The van der Waals surface area contributed by atoms with Gasteiger partial charge in [0.05, 0.1) is 6.54 Å². The SMILES string of the molecule is Cc1ccc(N2CCCC2=O)cc1NC(=O)N(C)Cc1noc2c1CCCC2. The van der Waals surface area contributed by atoms with Crippen molar-refractivity contribution in [1.29, 1.82) is 0 Å². The van der Waals surface area contributed by atoms with Crippen molar-refractivity contribution in [1.82, 2.24) is 10.1 Å². The van der Waals surface area contributed by atoms with Crippen LogP contribution < -0.4 is 10.2 Å². The second-order valence-electron chi connectivity index (χ2n) is 7.67. The molecule has 7 nitrogen and oxygen atoms in total. The lowest BCUT2D eigenvalue weighted by Gasteiger charge is -2.21. The summed E-state index contributed by atoms with van der Waals surface area (Å²) in [5.74, 6) is 1.10. The minimum Gasteiger partial charge on any atom is -0.361 e. The first-order chi connectivity index (χ1) is 13.5. The van der Waals surface area contributed by atoms with Crippen molar-refractivity contribution in [3.8, 4) is 0 Å². The predicted molar refractivity (Wildman–Crippen MR) is 106 cm³/mol. The van der Waals surface area contributed by atoms with Gasteiger partial charge in [0.25, 0.3) is 0 Å². The fourth-order valence-electron chi connectivity index (χ4n) is 3.91. The van der Waals surface area contributed by atoms with Gasteiger partial charge in [0.1, 0.15) is 11.5 Å². The summed E-state index contributed by atoms with van der Waals surface area (Å²) < 4.78 is 5.44. The summed E-state index contributed by atoms with van der Waals surface area (Å²) in [4.78, 5) is 28.1. The van der Waals surface area contributed by atoms with E-state index in [1.807, 2.05) is 25.1 Å². The Kier molecular flexibility index (Phi) is 5.07. The standard InChI is InChI=1S/C21H26N4O3/c1-14-9-10-15(25-11-5-8-20(25)26)12-17(14)22-21(27)24(2)13-18-16-6-3-4-7-19(16)28-23-18/h9-10,12H,3-8,11,13H2,1-2H3,(H,22,27). The monoisotopic (exact) mass is 382 g/mol. The van der Waals surface area contributed by atoms with Gasteiger partial charge in [0.2, 0.25) is 5.91 Å². The molecular weight excluding hydrogens is 356 g/mol. The Bertz CT molecular complexity index is 905. The third-order valence-electron chi connectivity index (χ3n) is 5.61. The fraction of sp³-hybridized carbons (Fsp3) is 0.476. The van der Waals surface area contributed by atoms with E-state index in [-0.39, 0.29) is 11.9 Å². The van der Waals surface area contributed by atoms with Crippen LogP contribution >= 0.6 is 0 Å².